The molecule has 0 saturated carbocycles. The van der Waals surface area contributed by atoms with Crippen molar-refractivity contribution in [3.63, 3.8) is 0 Å². The minimum Gasteiger partial charge on any atom is -0.481 e. The van der Waals surface area contributed by atoms with Crippen molar-refractivity contribution < 1.29 is 14.7 Å². The van der Waals surface area contributed by atoms with E-state index in [4.69, 9.17) is 10.4 Å². The minimum absolute atomic E-state index is 0.0772. The number of carbonyl (C=O) groups is 2. The zero-order valence-corrected chi connectivity index (χ0v) is 11.7. The van der Waals surface area contributed by atoms with Crippen LogP contribution in [0.15, 0.2) is 22.7 Å². The normalized spacial score (nSPS) is 9.68. The largest absolute Gasteiger partial charge is 0.481 e. The van der Waals surface area contributed by atoms with Crippen molar-refractivity contribution in [2.45, 2.75) is 25.7 Å². The molecule has 100 valence electrons. The van der Waals surface area contributed by atoms with E-state index in [-0.39, 0.29) is 18.7 Å². The van der Waals surface area contributed by atoms with Crippen LogP contribution in [-0.2, 0) is 9.59 Å². The van der Waals surface area contributed by atoms with Gasteiger partial charge in [0.1, 0.15) is 0 Å². The summed E-state index contributed by atoms with van der Waals surface area (Å²) in [6.45, 7) is 0. The van der Waals surface area contributed by atoms with Crippen molar-refractivity contribution in [3.05, 3.63) is 28.2 Å². The predicted molar refractivity (Wildman–Crippen MR) is 73.6 cm³/mol. The number of unbranched alkanes of at least 4 members (excludes halogenated alkanes) is 1. The van der Waals surface area contributed by atoms with Crippen LogP contribution < -0.4 is 5.32 Å². The number of hydrogen-bond acceptors (Lipinski definition) is 3. The van der Waals surface area contributed by atoms with Crippen LogP contribution in [0.5, 0.6) is 0 Å². The fourth-order valence-electron chi connectivity index (χ4n) is 1.46. The van der Waals surface area contributed by atoms with Crippen LogP contribution in [0.4, 0.5) is 5.69 Å². The van der Waals surface area contributed by atoms with Crippen LogP contribution in [0.1, 0.15) is 31.2 Å². The summed E-state index contributed by atoms with van der Waals surface area (Å²) in [6, 6.07) is 6.89. The molecule has 0 heterocycles. The van der Waals surface area contributed by atoms with Crippen LogP contribution >= 0.6 is 15.9 Å². The first kappa shape index (κ1) is 15.2. The highest BCUT2D eigenvalue weighted by Crippen LogP contribution is 2.23. The summed E-state index contributed by atoms with van der Waals surface area (Å²) in [5, 5.41) is 19.9. The van der Waals surface area contributed by atoms with Gasteiger partial charge >= 0.3 is 5.97 Å². The summed E-state index contributed by atoms with van der Waals surface area (Å²) in [5.41, 5.74) is 1.11. The third-order valence-corrected chi connectivity index (χ3v) is 3.07. The van der Waals surface area contributed by atoms with E-state index in [1.54, 1.807) is 18.2 Å². The first-order chi connectivity index (χ1) is 9.02. The van der Waals surface area contributed by atoms with Crippen LogP contribution in [-0.4, -0.2) is 17.0 Å². The van der Waals surface area contributed by atoms with Crippen LogP contribution in [0.3, 0.4) is 0 Å². The van der Waals surface area contributed by atoms with Gasteiger partial charge in [-0.1, -0.05) is 0 Å². The summed E-state index contributed by atoms with van der Waals surface area (Å²) in [6.07, 6.45) is 1.37. The molecule has 0 saturated heterocycles. The van der Waals surface area contributed by atoms with Crippen molar-refractivity contribution >= 4 is 33.5 Å². The Labute approximate surface area is 119 Å². The molecule has 1 aromatic carbocycles. The maximum absolute atomic E-state index is 11.6. The second-order valence-electron chi connectivity index (χ2n) is 3.96. The van der Waals surface area contributed by atoms with Crippen molar-refractivity contribution in [1.82, 2.24) is 0 Å². The summed E-state index contributed by atoms with van der Waals surface area (Å²) in [4.78, 5) is 21.9. The molecule has 6 heteroatoms. The molecule has 0 aromatic heterocycles. The smallest absolute Gasteiger partial charge is 0.303 e. The van der Waals surface area contributed by atoms with Gasteiger partial charge in [0, 0.05) is 17.3 Å². The zero-order chi connectivity index (χ0) is 14.3. The Morgan fingerprint density at radius 2 is 2.00 bits per heavy atom. The Morgan fingerprint density at radius 3 is 2.58 bits per heavy atom. The van der Waals surface area contributed by atoms with E-state index in [1.165, 1.54) is 0 Å². The number of carboxylic acid groups (broad SMARTS) is 1. The molecular weight excluding hydrogens is 312 g/mol. The maximum atomic E-state index is 11.6. The molecule has 0 aliphatic rings. The van der Waals surface area contributed by atoms with Crippen LogP contribution in [0.2, 0.25) is 0 Å². The Bertz CT molecular complexity index is 523. The molecule has 5 nitrogen and oxygen atoms in total. The number of halogens is 1. The fraction of sp³-hybridized carbons (Fsp3) is 0.308. The molecule has 0 aliphatic carbocycles. The SMILES string of the molecule is N#Cc1ccc(NC(=O)CCCCC(=O)O)c(Br)c1. The van der Waals surface area contributed by atoms with Gasteiger partial charge in [0.15, 0.2) is 0 Å². The van der Waals surface area contributed by atoms with Gasteiger partial charge in [-0.15, -0.1) is 0 Å². The monoisotopic (exact) mass is 324 g/mol. The van der Waals surface area contributed by atoms with E-state index in [1.807, 2.05) is 6.07 Å². The average molecular weight is 325 g/mol. The van der Waals surface area contributed by atoms with Crippen LogP contribution in [0, 0.1) is 11.3 Å². The van der Waals surface area contributed by atoms with E-state index < -0.39 is 5.97 Å². The lowest BCUT2D eigenvalue weighted by Crippen LogP contribution is -2.11. The van der Waals surface area contributed by atoms with E-state index in [0.717, 1.165) is 0 Å². The Balaban J connectivity index is 2.44. The average Bonchev–Trinajstić information content (AvgIpc) is 2.37. The summed E-state index contributed by atoms with van der Waals surface area (Å²) >= 11 is 3.27. The number of carbonyl (C=O) groups excluding carboxylic acids is 1. The second kappa shape index (κ2) is 7.54. The Hall–Kier alpha value is -1.87. The topological polar surface area (TPSA) is 90.2 Å². The number of nitriles is 1. The standard InChI is InChI=1S/C13H13BrN2O3/c14-10-7-9(8-15)5-6-11(10)16-12(17)3-1-2-4-13(18)19/h5-7H,1-4H2,(H,16,17)(H,18,19). The third kappa shape index (κ3) is 5.53. The van der Waals surface area contributed by atoms with Gasteiger partial charge in [-0.05, 0) is 47.0 Å². The van der Waals surface area contributed by atoms with Crippen molar-refractivity contribution in [3.8, 4) is 6.07 Å². The summed E-state index contributed by atoms with van der Waals surface area (Å²) < 4.78 is 0.644. The first-order valence-corrected chi connectivity index (χ1v) is 6.53. The lowest BCUT2D eigenvalue weighted by molar-refractivity contribution is -0.137. The molecule has 0 spiro atoms. The van der Waals surface area contributed by atoms with Crippen molar-refractivity contribution in [2.24, 2.45) is 0 Å². The first-order valence-electron chi connectivity index (χ1n) is 5.74. The Morgan fingerprint density at radius 1 is 1.32 bits per heavy atom. The van der Waals surface area contributed by atoms with Gasteiger partial charge < -0.3 is 10.4 Å². The minimum atomic E-state index is -0.852. The highest BCUT2D eigenvalue weighted by molar-refractivity contribution is 9.10. The van der Waals surface area contributed by atoms with Gasteiger partial charge in [-0.25, -0.2) is 0 Å². The van der Waals surface area contributed by atoms with E-state index in [9.17, 15) is 9.59 Å². The quantitative estimate of drug-likeness (QED) is 0.787. The number of nitrogens with zero attached hydrogens (tertiary/aromatic N) is 1. The number of benzene rings is 1. The number of aliphatic carboxylic acids is 1. The molecule has 0 fully saturated rings. The number of hydrogen-bond donors (Lipinski definition) is 2. The van der Waals surface area contributed by atoms with Gasteiger partial charge in [-0.2, -0.15) is 5.26 Å². The number of carboxylic acids is 1. The molecule has 0 aliphatic heterocycles. The molecule has 0 bridgehead atoms. The second-order valence-corrected chi connectivity index (χ2v) is 4.81. The molecule has 0 atom stereocenters. The third-order valence-electron chi connectivity index (χ3n) is 2.42. The number of amides is 1. The zero-order valence-electron chi connectivity index (χ0n) is 10.1. The number of rotatable bonds is 6. The van der Waals surface area contributed by atoms with Crippen LogP contribution in [0.25, 0.3) is 0 Å². The molecule has 19 heavy (non-hydrogen) atoms. The fourth-order valence-corrected chi connectivity index (χ4v) is 1.94. The van der Waals surface area contributed by atoms with Gasteiger partial charge in [0.05, 0.1) is 17.3 Å². The van der Waals surface area contributed by atoms with Gasteiger partial charge in [-0.3, -0.25) is 9.59 Å². The molecule has 1 amide bonds. The van der Waals surface area contributed by atoms with Crippen molar-refractivity contribution in [1.29, 1.82) is 5.26 Å². The lowest BCUT2D eigenvalue weighted by Gasteiger charge is -2.07. The summed E-state index contributed by atoms with van der Waals surface area (Å²) in [7, 11) is 0. The number of nitrogens with one attached hydrogen (secondary N) is 1. The molecule has 0 radical (unpaired) electrons. The molecule has 2 N–H and O–H groups in total. The molecule has 0 unspecified atom stereocenters. The lowest BCUT2D eigenvalue weighted by atomic mass is 10.2. The van der Waals surface area contributed by atoms with E-state index >= 15 is 0 Å². The maximum Gasteiger partial charge on any atom is 0.303 e. The molecule has 1 rings (SSSR count). The molecule has 1 aromatic rings. The predicted octanol–water partition coefficient (Wildman–Crippen LogP) is 2.90. The van der Waals surface area contributed by atoms with Gasteiger partial charge in [0.2, 0.25) is 5.91 Å². The molecular formula is C13H13BrN2O3. The van der Waals surface area contributed by atoms with E-state index in [2.05, 4.69) is 21.2 Å². The highest BCUT2D eigenvalue weighted by Gasteiger charge is 2.07. The van der Waals surface area contributed by atoms with Gasteiger partial charge in [0.25, 0.3) is 0 Å². The highest BCUT2D eigenvalue weighted by atomic mass is 79.9. The number of anilines is 1. The Kier molecular flexibility index (Phi) is 6.03. The summed E-state index contributed by atoms with van der Waals surface area (Å²) in [5.74, 6) is -1.02. The van der Waals surface area contributed by atoms with Crippen molar-refractivity contribution in [2.75, 3.05) is 5.32 Å². The van der Waals surface area contributed by atoms with E-state index in [0.29, 0.717) is 28.6 Å².